The molecule has 0 unspecified atom stereocenters. The molecule has 2 aliphatic heterocycles. The second-order valence-electron chi connectivity index (χ2n) is 7.01. The Balaban J connectivity index is 1.41. The largest absolute Gasteiger partial charge is 0.493 e. The van der Waals surface area contributed by atoms with E-state index >= 15 is 0 Å². The van der Waals surface area contributed by atoms with Gasteiger partial charge in [-0.25, -0.2) is 0 Å². The van der Waals surface area contributed by atoms with Crippen molar-refractivity contribution in [3.05, 3.63) is 65.1 Å². The zero-order valence-electron chi connectivity index (χ0n) is 16.6. The van der Waals surface area contributed by atoms with E-state index in [-0.39, 0.29) is 5.91 Å². The lowest BCUT2D eigenvalue weighted by Gasteiger charge is -2.36. The fourth-order valence-electron chi connectivity index (χ4n) is 3.41. The standard InChI is InChI=1S/C23H25N3O2S/c1-2-16-28-20-11-7-6-8-18(20)17-21-22(27)24-23(29-21)26-14-12-25(13-15-26)19-9-4-3-5-10-19/h3-11,17H,2,12-16H2,1H3. The lowest BCUT2D eigenvalue weighted by Crippen LogP contribution is -2.47. The summed E-state index contributed by atoms with van der Waals surface area (Å²) in [6.07, 6.45) is 2.84. The van der Waals surface area contributed by atoms with E-state index < -0.39 is 0 Å². The van der Waals surface area contributed by atoms with Crippen molar-refractivity contribution in [2.75, 3.05) is 37.7 Å². The van der Waals surface area contributed by atoms with Gasteiger partial charge in [-0.3, -0.25) is 4.79 Å². The van der Waals surface area contributed by atoms with Crippen LogP contribution in [0.2, 0.25) is 0 Å². The molecule has 1 amide bonds. The van der Waals surface area contributed by atoms with Crippen LogP contribution in [0.15, 0.2) is 64.5 Å². The van der Waals surface area contributed by atoms with Crippen LogP contribution in [0.1, 0.15) is 18.9 Å². The van der Waals surface area contributed by atoms with E-state index in [1.807, 2.05) is 36.4 Å². The Hall–Kier alpha value is -2.73. The number of para-hydroxylation sites is 2. The molecular weight excluding hydrogens is 382 g/mol. The molecular formula is C23H25N3O2S. The third kappa shape index (κ3) is 4.65. The molecule has 0 atom stereocenters. The first-order valence-electron chi connectivity index (χ1n) is 10.0. The minimum absolute atomic E-state index is 0.166. The Morgan fingerprint density at radius 1 is 1.00 bits per heavy atom. The van der Waals surface area contributed by atoms with E-state index in [2.05, 4.69) is 46.0 Å². The summed E-state index contributed by atoms with van der Waals surface area (Å²) in [5, 5.41) is 0.806. The van der Waals surface area contributed by atoms with Crippen LogP contribution in [0.25, 0.3) is 6.08 Å². The molecule has 5 nitrogen and oxygen atoms in total. The fourth-order valence-corrected chi connectivity index (χ4v) is 4.37. The van der Waals surface area contributed by atoms with E-state index in [1.54, 1.807) is 0 Å². The van der Waals surface area contributed by atoms with Crippen LogP contribution in [-0.4, -0.2) is 48.8 Å². The number of aliphatic imine (C=N–C) groups is 1. The van der Waals surface area contributed by atoms with Crippen molar-refractivity contribution in [1.29, 1.82) is 0 Å². The van der Waals surface area contributed by atoms with Gasteiger partial charge in [0.25, 0.3) is 5.91 Å². The number of thioether (sulfide) groups is 1. The minimum Gasteiger partial charge on any atom is -0.493 e. The van der Waals surface area contributed by atoms with Gasteiger partial charge in [-0.1, -0.05) is 43.3 Å². The summed E-state index contributed by atoms with van der Waals surface area (Å²) in [5.74, 6) is 0.640. The molecule has 0 aliphatic carbocycles. The topological polar surface area (TPSA) is 45.1 Å². The molecule has 0 radical (unpaired) electrons. The summed E-state index contributed by atoms with van der Waals surface area (Å²) in [6, 6.07) is 18.3. The maximum Gasteiger partial charge on any atom is 0.286 e. The molecule has 1 fully saturated rings. The van der Waals surface area contributed by atoms with Crippen molar-refractivity contribution in [3.63, 3.8) is 0 Å². The van der Waals surface area contributed by atoms with Crippen LogP contribution in [0.3, 0.4) is 0 Å². The summed E-state index contributed by atoms with van der Waals surface area (Å²) in [4.78, 5) is 22.0. The molecule has 0 aromatic heterocycles. The van der Waals surface area contributed by atoms with Gasteiger partial charge in [0.05, 0.1) is 11.5 Å². The molecule has 150 valence electrons. The van der Waals surface area contributed by atoms with Crippen LogP contribution in [0.5, 0.6) is 5.75 Å². The fraction of sp³-hybridized carbons (Fsp3) is 0.304. The van der Waals surface area contributed by atoms with Crippen LogP contribution in [-0.2, 0) is 4.79 Å². The number of piperazine rings is 1. The molecule has 0 N–H and O–H groups in total. The Bertz CT molecular complexity index is 919. The van der Waals surface area contributed by atoms with Gasteiger partial charge >= 0.3 is 0 Å². The molecule has 2 aromatic rings. The Labute approximate surface area is 176 Å². The Morgan fingerprint density at radius 2 is 1.69 bits per heavy atom. The van der Waals surface area contributed by atoms with Gasteiger partial charge < -0.3 is 14.5 Å². The number of amidine groups is 1. The second kappa shape index (κ2) is 9.18. The van der Waals surface area contributed by atoms with Crippen LogP contribution < -0.4 is 9.64 Å². The van der Waals surface area contributed by atoms with Gasteiger partial charge in [0.15, 0.2) is 5.17 Å². The summed E-state index contributed by atoms with van der Waals surface area (Å²) < 4.78 is 5.81. The summed E-state index contributed by atoms with van der Waals surface area (Å²) in [5.41, 5.74) is 2.16. The van der Waals surface area contributed by atoms with E-state index in [1.165, 1.54) is 17.4 Å². The smallest absolute Gasteiger partial charge is 0.286 e. The number of carbonyl (C=O) groups excluding carboxylic acids is 1. The lowest BCUT2D eigenvalue weighted by molar-refractivity contribution is -0.113. The third-order valence-electron chi connectivity index (χ3n) is 4.95. The summed E-state index contributed by atoms with van der Waals surface area (Å²) >= 11 is 1.46. The van der Waals surface area contributed by atoms with Crippen LogP contribution in [0.4, 0.5) is 5.69 Å². The van der Waals surface area contributed by atoms with Crippen LogP contribution in [0, 0.1) is 0 Å². The van der Waals surface area contributed by atoms with Gasteiger partial charge in [-0.05, 0) is 42.5 Å². The highest BCUT2D eigenvalue weighted by Crippen LogP contribution is 2.33. The van der Waals surface area contributed by atoms with Crippen molar-refractivity contribution in [3.8, 4) is 5.75 Å². The minimum atomic E-state index is -0.166. The first kappa shape index (κ1) is 19.6. The maximum absolute atomic E-state index is 12.5. The van der Waals surface area contributed by atoms with Crippen molar-refractivity contribution in [2.45, 2.75) is 13.3 Å². The van der Waals surface area contributed by atoms with Crippen molar-refractivity contribution >= 4 is 34.6 Å². The molecule has 4 rings (SSSR count). The number of hydrogen-bond donors (Lipinski definition) is 0. The van der Waals surface area contributed by atoms with Gasteiger partial charge in [-0.2, -0.15) is 4.99 Å². The highest BCUT2D eigenvalue weighted by Gasteiger charge is 2.28. The second-order valence-corrected chi connectivity index (χ2v) is 8.02. The number of ether oxygens (including phenoxy) is 1. The Morgan fingerprint density at radius 3 is 2.45 bits per heavy atom. The zero-order valence-corrected chi connectivity index (χ0v) is 17.4. The van der Waals surface area contributed by atoms with Crippen LogP contribution >= 0.6 is 11.8 Å². The zero-order chi connectivity index (χ0) is 20.1. The first-order chi connectivity index (χ1) is 14.2. The van der Waals surface area contributed by atoms with Crippen molar-refractivity contribution in [1.82, 2.24) is 4.90 Å². The molecule has 29 heavy (non-hydrogen) atoms. The van der Waals surface area contributed by atoms with Gasteiger partial charge in [0, 0.05) is 37.4 Å². The Kier molecular flexibility index (Phi) is 6.20. The van der Waals surface area contributed by atoms with E-state index in [0.29, 0.717) is 11.5 Å². The molecule has 2 aromatic carbocycles. The first-order valence-corrected chi connectivity index (χ1v) is 10.9. The summed E-state index contributed by atoms with van der Waals surface area (Å²) in [6.45, 7) is 6.30. The third-order valence-corrected chi connectivity index (χ3v) is 5.99. The van der Waals surface area contributed by atoms with Crippen molar-refractivity contribution < 1.29 is 9.53 Å². The number of amides is 1. The van der Waals surface area contributed by atoms with E-state index in [4.69, 9.17) is 4.74 Å². The quantitative estimate of drug-likeness (QED) is 0.693. The molecule has 6 heteroatoms. The van der Waals surface area contributed by atoms with Gasteiger partial charge in [0.2, 0.25) is 0 Å². The predicted octanol–water partition coefficient (Wildman–Crippen LogP) is 4.27. The average molecular weight is 408 g/mol. The SMILES string of the molecule is CCCOc1ccccc1C=C1SC(N2CCN(c3ccccc3)CC2)=NC1=O. The van der Waals surface area contributed by atoms with Crippen molar-refractivity contribution in [2.24, 2.45) is 4.99 Å². The number of rotatable bonds is 5. The lowest BCUT2D eigenvalue weighted by atomic mass is 10.2. The number of nitrogens with zero attached hydrogens (tertiary/aromatic N) is 3. The maximum atomic E-state index is 12.5. The highest BCUT2D eigenvalue weighted by molar-refractivity contribution is 8.18. The van der Waals surface area contributed by atoms with E-state index in [9.17, 15) is 4.79 Å². The molecule has 0 saturated carbocycles. The number of benzene rings is 2. The van der Waals surface area contributed by atoms with Gasteiger partial charge in [0.1, 0.15) is 5.75 Å². The molecule has 0 bridgehead atoms. The number of anilines is 1. The normalized spacial score (nSPS) is 18.3. The van der Waals surface area contributed by atoms with Gasteiger partial charge in [-0.15, -0.1) is 0 Å². The number of carbonyl (C=O) groups is 1. The molecule has 1 saturated heterocycles. The summed E-state index contributed by atoms with van der Waals surface area (Å²) in [7, 11) is 0. The average Bonchev–Trinajstić information content (AvgIpc) is 3.14. The highest BCUT2D eigenvalue weighted by atomic mass is 32.2. The number of hydrogen-bond acceptors (Lipinski definition) is 5. The van der Waals surface area contributed by atoms with E-state index in [0.717, 1.165) is 49.1 Å². The molecule has 2 heterocycles. The molecule has 0 spiro atoms. The monoisotopic (exact) mass is 407 g/mol. The predicted molar refractivity (Wildman–Crippen MR) is 120 cm³/mol. The molecule has 2 aliphatic rings.